The largest absolute Gasteiger partial charge is 0.495 e. The number of nitrogens with zero attached hydrogens (tertiary/aromatic N) is 3. The topological polar surface area (TPSA) is 52.0 Å². The fraction of sp³-hybridized carbons (Fsp3) is 0.429. The lowest BCUT2D eigenvalue weighted by molar-refractivity contribution is 0.396. The van der Waals surface area contributed by atoms with E-state index in [-0.39, 0.29) is 6.04 Å². The SMILES string of the molecule is CNC(CCc1ccnn1C)c1ccncc1OC. The molecule has 0 aliphatic heterocycles. The zero-order valence-electron chi connectivity index (χ0n) is 11.6. The Labute approximate surface area is 113 Å². The van der Waals surface area contributed by atoms with Crippen LogP contribution in [0.2, 0.25) is 0 Å². The van der Waals surface area contributed by atoms with Gasteiger partial charge in [0.2, 0.25) is 0 Å². The van der Waals surface area contributed by atoms with Crippen molar-refractivity contribution in [2.45, 2.75) is 18.9 Å². The predicted octanol–water partition coefficient (Wildman–Crippen LogP) is 1.72. The maximum absolute atomic E-state index is 5.37. The Bertz CT molecular complexity index is 524. The first kappa shape index (κ1) is 13.5. The van der Waals surface area contributed by atoms with Crippen molar-refractivity contribution in [3.8, 4) is 5.75 Å². The number of hydrogen-bond acceptors (Lipinski definition) is 4. The number of aromatic nitrogens is 3. The monoisotopic (exact) mass is 260 g/mol. The van der Waals surface area contributed by atoms with E-state index in [1.807, 2.05) is 31.0 Å². The molecule has 0 saturated heterocycles. The van der Waals surface area contributed by atoms with Crippen LogP contribution < -0.4 is 10.1 Å². The zero-order valence-corrected chi connectivity index (χ0v) is 11.6. The van der Waals surface area contributed by atoms with Crippen molar-refractivity contribution in [3.05, 3.63) is 42.0 Å². The summed E-state index contributed by atoms with van der Waals surface area (Å²) in [7, 11) is 5.61. The van der Waals surface area contributed by atoms with Gasteiger partial charge in [0.15, 0.2) is 0 Å². The maximum atomic E-state index is 5.37. The van der Waals surface area contributed by atoms with Crippen LogP contribution in [0.3, 0.4) is 0 Å². The highest BCUT2D eigenvalue weighted by Crippen LogP contribution is 2.26. The Balaban J connectivity index is 2.10. The van der Waals surface area contributed by atoms with Gasteiger partial charge in [-0.3, -0.25) is 9.67 Å². The normalized spacial score (nSPS) is 12.4. The zero-order chi connectivity index (χ0) is 13.7. The van der Waals surface area contributed by atoms with Gasteiger partial charge in [-0.2, -0.15) is 5.10 Å². The summed E-state index contributed by atoms with van der Waals surface area (Å²) in [4.78, 5) is 4.09. The second kappa shape index (κ2) is 6.33. The summed E-state index contributed by atoms with van der Waals surface area (Å²) >= 11 is 0. The third-order valence-corrected chi connectivity index (χ3v) is 3.37. The molecule has 0 aliphatic carbocycles. The minimum Gasteiger partial charge on any atom is -0.495 e. The second-order valence-corrected chi connectivity index (χ2v) is 4.44. The van der Waals surface area contributed by atoms with Crippen LogP contribution in [0.1, 0.15) is 23.7 Å². The summed E-state index contributed by atoms with van der Waals surface area (Å²) in [5, 5.41) is 7.53. The van der Waals surface area contributed by atoms with Crippen molar-refractivity contribution in [2.75, 3.05) is 14.2 Å². The van der Waals surface area contributed by atoms with Crippen molar-refractivity contribution in [3.63, 3.8) is 0 Å². The maximum Gasteiger partial charge on any atom is 0.141 e. The molecule has 0 spiro atoms. The lowest BCUT2D eigenvalue weighted by Gasteiger charge is -2.18. The van der Waals surface area contributed by atoms with Crippen LogP contribution in [0.4, 0.5) is 0 Å². The first-order chi connectivity index (χ1) is 9.26. The Morgan fingerprint density at radius 3 is 2.84 bits per heavy atom. The molecule has 2 aromatic rings. The van der Waals surface area contributed by atoms with Gasteiger partial charge in [0.1, 0.15) is 5.75 Å². The highest BCUT2D eigenvalue weighted by atomic mass is 16.5. The highest BCUT2D eigenvalue weighted by molar-refractivity contribution is 5.32. The number of hydrogen-bond donors (Lipinski definition) is 1. The van der Waals surface area contributed by atoms with Crippen molar-refractivity contribution < 1.29 is 4.74 Å². The van der Waals surface area contributed by atoms with Crippen molar-refractivity contribution in [2.24, 2.45) is 7.05 Å². The van der Waals surface area contributed by atoms with Crippen molar-refractivity contribution in [1.29, 1.82) is 0 Å². The van der Waals surface area contributed by atoms with E-state index in [0.717, 1.165) is 24.2 Å². The Kier molecular flexibility index (Phi) is 4.52. The Morgan fingerprint density at radius 2 is 2.21 bits per heavy atom. The number of ether oxygens (including phenoxy) is 1. The van der Waals surface area contributed by atoms with Crippen molar-refractivity contribution >= 4 is 0 Å². The van der Waals surface area contributed by atoms with Crippen LogP contribution in [0, 0.1) is 0 Å². The molecule has 0 bridgehead atoms. The Morgan fingerprint density at radius 1 is 1.37 bits per heavy atom. The number of aryl methyl sites for hydroxylation is 2. The van der Waals surface area contributed by atoms with E-state index in [4.69, 9.17) is 4.74 Å². The lowest BCUT2D eigenvalue weighted by Crippen LogP contribution is -2.18. The lowest BCUT2D eigenvalue weighted by atomic mass is 10.0. The average molecular weight is 260 g/mol. The summed E-state index contributed by atoms with van der Waals surface area (Å²) in [5.74, 6) is 0.826. The molecule has 1 atom stereocenters. The second-order valence-electron chi connectivity index (χ2n) is 4.44. The number of rotatable bonds is 6. The smallest absolute Gasteiger partial charge is 0.141 e. The van der Waals surface area contributed by atoms with Gasteiger partial charge in [0, 0.05) is 36.7 Å². The molecular formula is C14H20N4O. The molecule has 0 saturated carbocycles. The summed E-state index contributed by atoms with van der Waals surface area (Å²) in [5.41, 5.74) is 2.37. The molecule has 2 heterocycles. The van der Waals surface area contributed by atoms with Gasteiger partial charge in [-0.15, -0.1) is 0 Å². The summed E-state index contributed by atoms with van der Waals surface area (Å²) in [6, 6.07) is 4.30. The van der Waals surface area contributed by atoms with Crippen LogP contribution in [0.15, 0.2) is 30.7 Å². The molecule has 2 aromatic heterocycles. The van der Waals surface area contributed by atoms with Crippen LogP contribution in [-0.4, -0.2) is 28.9 Å². The summed E-state index contributed by atoms with van der Waals surface area (Å²) < 4.78 is 7.28. The molecule has 0 aromatic carbocycles. The van der Waals surface area contributed by atoms with Crippen LogP contribution in [0.5, 0.6) is 5.75 Å². The molecule has 19 heavy (non-hydrogen) atoms. The van der Waals surface area contributed by atoms with Crippen LogP contribution in [0.25, 0.3) is 0 Å². The minimum atomic E-state index is 0.243. The van der Waals surface area contributed by atoms with Gasteiger partial charge in [0.05, 0.1) is 13.3 Å². The van der Waals surface area contributed by atoms with Crippen molar-refractivity contribution in [1.82, 2.24) is 20.1 Å². The van der Waals surface area contributed by atoms with Gasteiger partial charge in [-0.1, -0.05) is 0 Å². The number of nitrogens with one attached hydrogen (secondary N) is 1. The van der Waals surface area contributed by atoms with Crippen LogP contribution >= 0.6 is 0 Å². The highest BCUT2D eigenvalue weighted by Gasteiger charge is 2.14. The standard InChI is InChI=1S/C14H20N4O/c1-15-13(5-4-11-6-9-17-18(11)2)12-7-8-16-10-14(12)19-3/h6-10,13,15H,4-5H2,1-3H3. The molecule has 0 radical (unpaired) electrons. The molecule has 1 unspecified atom stereocenters. The summed E-state index contributed by atoms with van der Waals surface area (Å²) in [6.45, 7) is 0. The van der Waals surface area contributed by atoms with E-state index in [2.05, 4.69) is 21.5 Å². The van der Waals surface area contributed by atoms with E-state index in [1.165, 1.54) is 5.69 Å². The molecule has 0 aliphatic rings. The molecule has 0 fully saturated rings. The van der Waals surface area contributed by atoms with Gasteiger partial charge in [-0.05, 0) is 32.0 Å². The van der Waals surface area contributed by atoms with E-state index in [1.54, 1.807) is 19.5 Å². The molecule has 2 rings (SSSR count). The molecule has 0 amide bonds. The predicted molar refractivity (Wildman–Crippen MR) is 74.1 cm³/mol. The number of pyridine rings is 1. The molecular weight excluding hydrogens is 240 g/mol. The summed E-state index contributed by atoms with van der Waals surface area (Å²) in [6.07, 6.45) is 7.33. The molecule has 5 heteroatoms. The van der Waals surface area contributed by atoms with Gasteiger partial charge < -0.3 is 10.1 Å². The fourth-order valence-electron chi connectivity index (χ4n) is 2.24. The van der Waals surface area contributed by atoms with Gasteiger partial charge in [0.25, 0.3) is 0 Å². The minimum absolute atomic E-state index is 0.243. The van der Waals surface area contributed by atoms with E-state index < -0.39 is 0 Å². The molecule has 102 valence electrons. The van der Waals surface area contributed by atoms with E-state index >= 15 is 0 Å². The molecule has 1 N–H and O–H groups in total. The van der Waals surface area contributed by atoms with E-state index in [0.29, 0.717) is 0 Å². The van der Waals surface area contributed by atoms with Crippen LogP contribution in [-0.2, 0) is 13.5 Å². The third kappa shape index (κ3) is 3.12. The fourth-order valence-corrected chi connectivity index (χ4v) is 2.24. The first-order valence-corrected chi connectivity index (χ1v) is 6.38. The average Bonchev–Trinajstić information content (AvgIpc) is 2.85. The quantitative estimate of drug-likeness (QED) is 0.859. The molecule has 5 nitrogen and oxygen atoms in total. The van der Waals surface area contributed by atoms with E-state index in [9.17, 15) is 0 Å². The van der Waals surface area contributed by atoms with Gasteiger partial charge in [-0.25, -0.2) is 0 Å². The Hall–Kier alpha value is -1.88. The van der Waals surface area contributed by atoms with Gasteiger partial charge >= 0.3 is 0 Å². The number of methoxy groups -OCH3 is 1. The third-order valence-electron chi connectivity index (χ3n) is 3.37. The first-order valence-electron chi connectivity index (χ1n) is 6.38.